The monoisotopic (exact) mass is 446 g/mol. The van der Waals surface area contributed by atoms with Gasteiger partial charge < -0.3 is 10.4 Å². The summed E-state index contributed by atoms with van der Waals surface area (Å²) in [5.41, 5.74) is 2.08. The number of nitrogens with zero attached hydrogens (tertiary/aromatic N) is 1. The normalized spacial score (nSPS) is 17.4. The molecule has 1 unspecified atom stereocenters. The predicted molar refractivity (Wildman–Crippen MR) is 123 cm³/mol. The van der Waals surface area contributed by atoms with Gasteiger partial charge >= 0.3 is 0 Å². The number of amides is 2. The van der Waals surface area contributed by atoms with E-state index in [1.165, 1.54) is 11.8 Å². The lowest BCUT2D eigenvalue weighted by Crippen LogP contribution is -2.29. The summed E-state index contributed by atoms with van der Waals surface area (Å²) >= 11 is 5.95. The van der Waals surface area contributed by atoms with E-state index in [2.05, 4.69) is 5.32 Å². The van der Waals surface area contributed by atoms with Crippen molar-refractivity contribution >= 4 is 46.3 Å². The van der Waals surface area contributed by atoms with Crippen molar-refractivity contribution in [3.63, 3.8) is 0 Å². The molecule has 2 N–H and O–H groups in total. The van der Waals surface area contributed by atoms with Crippen molar-refractivity contribution in [3.8, 4) is 0 Å². The van der Waals surface area contributed by atoms with Gasteiger partial charge in [0.2, 0.25) is 5.91 Å². The van der Waals surface area contributed by atoms with Gasteiger partial charge in [-0.3, -0.25) is 19.3 Å². The number of anilines is 2. The first-order chi connectivity index (χ1) is 15.4. The van der Waals surface area contributed by atoms with E-state index >= 15 is 0 Å². The van der Waals surface area contributed by atoms with Gasteiger partial charge in [0, 0.05) is 28.9 Å². The van der Waals surface area contributed by atoms with E-state index in [0.717, 1.165) is 0 Å². The van der Waals surface area contributed by atoms with Crippen molar-refractivity contribution in [2.75, 3.05) is 10.2 Å². The lowest BCUT2D eigenvalue weighted by Gasteiger charge is -2.25. The Labute approximate surface area is 189 Å². The van der Waals surface area contributed by atoms with Gasteiger partial charge in [-0.25, -0.2) is 0 Å². The van der Waals surface area contributed by atoms with Crippen LogP contribution in [0, 0.1) is 0 Å². The molecule has 1 aliphatic heterocycles. The fraction of sp³-hybridized carbons (Fsp3) is 0.0800. The second kappa shape index (κ2) is 8.69. The summed E-state index contributed by atoms with van der Waals surface area (Å²) < 4.78 is 0. The number of carbonyl (C=O) groups is 3. The summed E-state index contributed by atoms with van der Waals surface area (Å²) in [6.45, 7) is 1.40. The second-order valence-electron chi connectivity index (χ2n) is 7.31. The highest BCUT2D eigenvalue weighted by atomic mass is 35.5. The average Bonchev–Trinajstić information content (AvgIpc) is 3.05. The van der Waals surface area contributed by atoms with Crippen molar-refractivity contribution in [1.82, 2.24) is 0 Å². The van der Waals surface area contributed by atoms with Crippen LogP contribution in [0.5, 0.6) is 0 Å². The summed E-state index contributed by atoms with van der Waals surface area (Å²) in [5, 5.41) is 14.2. The first-order valence-electron chi connectivity index (χ1n) is 9.86. The Morgan fingerprint density at radius 1 is 0.938 bits per heavy atom. The Morgan fingerprint density at radius 3 is 2.16 bits per heavy atom. The third-order valence-corrected chi connectivity index (χ3v) is 5.40. The van der Waals surface area contributed by atoms with Crippen LogP contribution in [0.1, 0.15) is 24.1 Å². The minimum Gasteiger partial charge on any atom is -0.507 e. The second-order valence-corrected chi connectivity index (χ2v) is 7.75. The van der Waals surface area contributed by atoms with Gasteiger partial charge in [0.05, 0.1) is 11.6 Å². The largest absolute Gasteiger partial charge is 0.507 e. The van der Waals surface area contributed by atoms with Crippen molar-refractivity contribution in [1.29, 1.82) is 0 Å². The van der Waals surface area contributed by atoms with Crippen molar-refractivity contribution in [2.45, 2.75) is 13.0 Å². The van der Waals surface area contributed by atoms with E-state index in [4.69, 9.17) is 11.6 Å². The van der Waals surface area contributed by atoms with E-state index in [0.29, 0.717) is 27.5 Å². The number of aliphatic hydroxyl groups excluding tert-OH is 1. The highest BCUT2D eigenvalue weighted by Gasteiger charge is 2.46. The molecule has 6 nitrogen and oxygen atoms in total. The zero-order chi connectivity index (χ0) is 22.8. The molecule has 1 atom stereocenters. The standard InChI is InChI=1S/C25H19ClN2O4/c1-15(29)27-19-11-13-20(14-12-19)28-22(16-5-3-2-4-6-16)21(24(31)25(28)32)23(30)17-7-9-18(26)10-8-17/h2-14,22,30H,1H3,(H,27,29)/b23-21-. The van der Waals surface area contributed by atoms with E-state index in [9.17, 15) is 19.5 Å². The molecule has 0 aliphatic carbocycles. The molecule has 0 radical (unpaired) electrons. The number of carbonyl (C=O) groups excluding carboxylic acids is 3. The molecular formula is C25H19ClN2O4. The number of benzene rings is 3. The maximum Gasteiger partial charge on any atom is 0.300 e. The zero-order valence-corrected chi connectivity index (χ0v) is 17.8. The Morgan fingerprint density at radius 2 is 1.56 bits per heavy atom. The fourth-order valence-electron chi connectivity index (χ4n) is 3.72. The highest BCUT2D eigenvalue weighted by molar-refractivity contribution is 6.51. The molecule has 160 valence electrons. The van der Waals surface area contributed by atoms with Crippen molar-refractivity contribution in [2.24, 2.45) is 0 Å². The lowest BCUT2D eigenvalue weighted by molar-refractivity contribution is -0.132. The summed E-state index contributed by atoms with van der Waals surface area (Å²) in [7, 11) is 0. The maximum absolute atomic E-state index is 13.1. The Balaban J connectivity index is 1.85. The number of Topliss-reactive ketones (excluding diaryl/α,β-unsaturated/α-hetero) is 1. The minimum atomic E-state index is -0.821. The predicted octanol–water partition coefficient (Wildman–Crippen LogP) is 4.92. The molecular weight excluding hydrogens is 428 g/mol. The number of rotatable bonds is 4. The third kappa shape index (κ3) is 4.00. The molecule has 3 aromatic rings. The molecule has 0 aromatic heterocycles. The molecule has 1 fully saturated rings. The summed E-state index contributed by atoms with van der Waals surface area (Å²) in [6, 6.07) is 21.2. The number of hydrogen-bond acceptors (Lipinski definition) is 4. The van der Waals surface area contributed by atoms with Gasteiger partial charge in [0.15, 0.2) is 0 Å². The molecule has 1 aliphatic rings. The molecule has 0 bridgehead atoms. The quantitative estimate of drug-likeness (QED) is 0.338. The van der Waals surface area contributed by atoms with Gasteiger partial charge in [-0.15, -0.1) is 0 Å². The molecule has 32 heavy (non-hydrogen) atoms. The average molecular weight is 447 g/mol. The smallest absolute Gasteiger partial charge is 0.300 e. The molecule has 4 rings (SSSR count). The number of hydrogen-bond donors (Lipinski definition) is 2. The minimum absolute atomic E-state index is 0.00513. The van der Waals surface area contributed by atoms with Gasteiger partial charge in [0.1, 0.15) is 5.76 Å². The van der Waals surface area contributed by atoms with Gasteiger partial charge in [-0.2, -0.15) is 0 Å². The molecule has 2 amide bonds. The number of aliphatic hydroxyl groups is 1. The van der Waals surface area contributed by atoms with E-state index in [1.54, 1.807) is 72.8 Å². The van der Waals surface area contributed by atoms with E-state index < -0.39 is 17.7 Å². The van der Waals surface area contributed by atoms with Crippen LogP contribution >= 0.6 is 11.6 Å². The molecule has 7 heteroatoms. The molecule has 0 spiro atoms. The highest BCUT2D eigenvalue weighted by Crippen LogP contribution is 2.42. The van der Waals surface area contributed by atoms with Crippen LogP contribution in [-0.4, -0.2) is 22.7 Å². The Hall–Kier alpha value is -3.90. The zero-order valence-electron chi connectivity index (χ0n) is 17.1. The van der Waals surface area contributed by atoms with Crippen molar-refractivity contribution in [3.05, 3.63) is 101 Å². The van der Waals surface area contributed by atoms with Crippen LogP contribution in [-0.2, 0) is 14.4 Å². The van der Waals surface area contributed by atoms with E-state index in [-0.39, 0.29) is 17.2 Å². The van der Waals surface area contributed by atoms with Crippen LogP contribution in [0.25, 0.3) is 5.76 Å². The van der Waals surface area contributed by atoms with Crippen LogP contribution < -0.4 is 10.2 Å². The fourth-order valence-corrected chi connectivity index (χ4v) is 3.85. The van der Waals surface area contributed by atoms with E-state index in [1.807, 2.05) is 6.07 Å². The number of ketones is 1. The van der Waals surface area contributed by atoms with Crippen LogP contribution in [0.15, 0.2) is 84.4 Å². The SMILES string of the molecule is CC(=O)Nc1ccc(N2C(=O)C(=O)/C(=C(\O)c3ccc(Cl)cc3)C2c2ccccc2)cc1. The molecule has 1 heterocycles. The molecule has 0 saturated carbocycles. The topological polar surface area (TPSA) is 86.7 Å². The van der Waals surface area contributed by atoms with Gasteiger partial charge in [-0.1, -0.05) is 41.9 Å². The Bertz CT molecular complexity index is 1220. The summed E-state index contributed by atoms with van der Waals surface area (Å²) in [6.07, 6.45) is 0. The first kappa shape index (κ1) is 21.3. The number of halogens is 1. The maximum atomic E-state index is 13.1. The Kier molecular flexibility index (Phi) is 5.79. The summed E-state index contributed by atoms with van der Waals surface area (Å²) in [4.78, 5) is 38.8. The summed E-state index contributed by atoms with van der Waals surface area (Å²) in [5.74, 6) is -2.02. The van der Waals surface area contributed by atoms with Crippen LogP contribution in [0.2, 0.25) is 5.02 Å². The van der Waals surface area contributed by atoms with Crippen LogP contribution in [0.4, 0.5) is 11.4 Å². The number of nitrogens with one attached hydrogen (secondary N) is 1. The van der Waals surface area contributed by atoms with Gasteiger partial charge in [-0.05, 0) is 54.1 Å². The van der Waals surface area contributed by atoms with Gasteiger partial charge in [0.25, 0.3) is 11.7 Å². The molecule has 1 saturated heterocycles. The molecule has 3 aromatic carbocycles. The third-order valence-electron chi connectivity index (χ3n) is 5.14. The first-order valence-corrected chi connectivity index (χ1v) is 10.2. The lowest BCUT2D eigenvalue weighted by atomic mass is 9.95. The van der Waals surface area contributed by atoms with Crippen molar-refractivity contribution < 1.29 is 19.5 Å². The van der Waals surface area contributed by atoms with Crippen LogP contribution in [0.3, 0.4) is 0 Å².